The number of carbonyl (C=O) groups excluding carboxylic acids is 1. The first-order chi connectivity index (χ1) is 18.2. The first-order valence-electron chi connectivity index (χ1n) is 11.4. The van der Waals surface area contributed by atoms with Crippen molar-refractivity contribution in [1.82, 2.24) is 19.1 Å². The summed E-state index contributed by atoms with van der Waals surface area (Å²) >= 11 is 5.99. The number of hydrogen-bond acceptors (Lipinski definition) is 8. The number of rotatable bonds is 9. The average molecular weight is 540 g/mol. The zero-order chi connectivity index (χ0) is 27.2. The molecular weight excluding hydrogens is 517 g/mol. The van der Waals surface area contributed by atoms with E-state index in [0.717, 1.165) is 10.1 Å². The SMILES string of the molecule is COC(=O)[C@@H](C)Cn1c(=O)nc(Nc2ccc(Oc3cccc(F)n3)cc2)n(Cc2ccc(Cl)cc2)c1=O. The molecule has 0 saturated carbocycles. The van der Waals surface area contributed by atoms with Crippen LogP contribution in [0.5, 0.6) is 11.6 Å². The summed E-state index contributed by atoms with van der Waals surface area (Å²) in [5, 5.41) is 3.52. The Labute approximate surface area is 221 Å². The van der Waals surface area contributed by atoms with Crippen molar-refractivity contribution in [2.45, 2.75) is 20.0 Å². The lowest BCUT2D eigenvalue weighted by Crippen LogP contribution is -2.44. The number of methoxy groups -OCH3 is 1. The zero-order valence-corrected chi connectivity index (χ0v) is 21.2. The molecule has 38 heavy (non-hydrogen) atoms. The van der Waals surface area contributed by atoms with Crippen molar-refractivity contribution in [3.05, 3.63) is 104 Å². The first kappa shape index (κ1) is 26.6. The molecule has 0 unspecified atom stereocenters. The van der Waals surface area contributed by atoms with E-state index in [4.69, 9.17) is 21.1 Å². The first-order valence-corrected chi connectivity index (χ1v) is 11.8. The van der Waals surface area contributed by atoms with Gasteiger partial charge in [-0.2, -0.15) is 14.4 Å². The minimum atomic E-state index is -0.822. The Hall–Kier alpha value is -4.51. The Morgan fingerprint density at radius 1 is 1.03 bits per heavy atom. The van der Waals surface area contributed by atoms with Gasteiger partial charge in [-0.05, 0) is 48.0 Å². The minimum Gasteiger partial charge on any atom is -0.469 e. The van der Waals surface area contributed by atoms with Crippen LogP contribution in [0.1, 0.15) is 12.5 Å². The van der Waals surface area contributed by atoms with Gasteiger partial charge in [0, 0.05) is 23.3 Å². The van der Waals surface area contributed by atoms with E-state index < -0.39 is 29.2 Å². The molecule has 2 heterocycles. The van der Waals surface area contributed by atoms with Crippen LogP contribution in [0.3, 0.4) is 0 Å². The van der Waals surface area contributed by atoms with Gasteiger partial charge in [-0.15, -0.1) is 0 Å². The molecule has 0 aliphatic rings. The van der Waals surface area contributed by atoms with E-state index in [1.54, 1.807) is 55.5 Å². The van der Waals surface area contributed by atoms with Gasteiger partial charge in [0.2, 0.25) is 17.8 Å². The summed E-state index contributed by atoms with van der Waals surface area (Å²) in [5.41, 5.74) is -0.242. The van der Waals surface area contributed by atoms with E-state index in [9.17, 15) is 18.8 Å². The molecule has 0 radical (unpaired) electrons. The third-order valence-electron chi connectivity index (χ3n) is 5.49. The molecule has 0 aliphatic heterocycles. The van der Waals surface area contributed by atoms with Gasteiger partial charge < -0.3 is 14.8 Å². The quantitative estimate of drug-likeness (QED) is 0.251. The summed E-state index contributed by atoms with van der Waals surface area (Å²) in [5.74, 6) is -1.48. The zero-order valence-electron chi connectivity index (χ0n) is 20.4. The van der Waals surface area contributed by atoms with Crippen LogP contribution in [0.4, 0.5) is 16.0 Å². The second-order valence-electron chi connectivity index (χ2n) is 8.30. The molecule has 1 N–H and O–H groups in total. The number of nitrogens with one attached hydrogen (secondary N) is 1. The smallest absolute Gasteiger partial charge is 0.354 e. The lowest BCUT2D eigenvalue weighted by molar-refractivity contribution is -0.145. The van der Waals surface area contributed by atoms with Crippen LogP contribution < -0.4 is 21.4 Å². The molecule has 2 aromatic carbocycles. The van der Waals surface area contributed by atoms with Crippen molar-refractivity contribution in [3.63, 3.8) is 0 Å². The second-order valence-corrected chi connectivity index (χ2v) is 8.73. The summed E-state index contributed by atoms with van der Waals surface area (Å²) in [4.78, 5) is 45.8. The van der Waals surface area contributed by atoms with E-state index >= 15 is 0 Å². The maximum Gasteiger partial charge on any atom is 0.354 e. The Morgan fingerprint density at radius 2 is 1.74 bits per heavy atom. The molecule has 4 rings (SSSR count). The highest BCUT2D eigenvalue weighted by molar-refractivity contribution is 6.30. The number of nitrogens with zero attached hydrogens (tertiary/aromatic N) is 4. The van der Waals surface area contributed by atoms with E-state index in [1.165, 1.54) is 29.9 Å². The van der Waals surface area contributed by atoms with Gasteiger partial charge in [0.05, 0.1) is 19.6 Å². The number of aromatic nitrogens is 4. The number of halogens is 2. The Bertz CT molecular complexity index is 1550. The van der Waals surface area contributed by atoms with Crippen LogP contribution in [-0.4, -0.2) is 32.2 Å². The third-order valence-corrected chi connectivity index (χ3v) is 5.74. The lowest BCUT2D eigenvalue weighted by atomic mass is 10.2. The van der Waals surface area contributed by atoms with Gasteiger partial charge in [0.15, 0.2) is 0 Å². The van der Waals surface area contributed by atoms with Gasteiger partial charge in [-0.3, -0.25) is 9.36 Å². The summed E-state index contributed by atoms with van der Waals surface area (Å²) in [7, 11) is 1.23. The fourth-order valence-corrected chi connectivity index (χ4v) is 3.67. The highest BCUT2D eigenvalue weighted by Crippen LogP contribution is 2.23. The highest BCUT2D eigenvalue weighted by atomic mass is 35.5. The van der Waals surface area contributed by atoms with Crippen molar-refractivity contribution in [3.8, 4) is 11.6 Å². The number of carbonyl (C=O) groups is 1. The van der Waals surface area contributed by atoms with Crippen molar-refractivity contribution in [2.24, 2.45) is 5.92 Å². The van der Waals surface area contributed by atoms with Crippen LogP contribution in [0.15, 0.2) is 76.3 Å². The molecule has 10 nitrogen and oxygen atoms in total. The van der Waals surface area contributed by atoms with Crippen molar-refractivity contribution < 1.29 is 18.7 Å². The summed E-state index contributed by atoms with van der Waals surface area (Å²) < 4.78 is 25.8. The normalized spacial score (nSPS) is 11.6. The molecule has 2 aromatic heterocycles. The number of ether oxygens (including phenoxy) is 2. The predicted octanol–water partition coefficient (Wildman–Crippen LogP) is 3.99. The number of benzene rings is 2. The fraction of sp³-hybridized carbons (Fsp3) is 0.192. The van der Waals surface area contributed by atoms with Crippen molar-refractivity contribution >= 4 is 29.2 Å². The van der Waals surface area contributed by atoms with E-state index in [0.29, 0.717) is 16.5 Å². The monoisotopic (exact) mass is 539 g/mol. The molecule has 12 heteroatoms. The highest BCUT2D eigenvalue weighted by Gasteiger charge is 2.20. The van der Waals surface area contributed by atoms with Crippen LogP contribution in [0.2, 0.25) is 5.02 Å². The molecule has 0 amide bonds. The van der Waals surface area contributed by atoms with Crippen molar-refractivity contribution in [1.29, 1.82) is 0 Å². The largest absolute Gasteiger partial charge is 0.469 e. The maximum atomic E-state index is 13.4. The number of anilines is 2. The topological polar surface area (TPSA) is 117 Å². The van der Waals surface area contributed by atoms with E-state index in [2.05, 4.69) is 15.3 Å². The van der Waals surface area contributed by atoms with Gasteiger partial charge >= 0.3 is 17.3 Å². The Morgan fingerprint density at radius 3 is 2.39 bits per heavy atom. The summed E-state index contributed by atoms with van der Waals surface area (Å²) in [6.07, 6.45) is 0. The molecular formula is C26H23ClFN5O5. The summed E-state index contributed by atoms with van der Waals surface area (Å²) in [6.45, 7) is 1.43. The second kappa shape index (κ2) is 11.7. The van der Waals surface area contributed by atoms with Gasteiger partial charge in [-0.1, -0.05) is 36.7 Å². The van der Waals surface area contributed by atoms with Crippen LogP contribution >= 0.6 is 11.6 Å². The van der Waals surface area contributed by atoms with Crippen molar-refractivity contribution in [2.75, 3.05) is 12.4 Å². The number of pyridine rings is 1. The molecule has 0 spiro atoms. The maximum absolute atomic E-state index is 13.4. The van der Waals surface area contributed by atoms with E-state index in [-0.39, 0.29) is 24.9 Å². The van der Waals surface area contributed by atoms with Gasteiger partial charge in [0.1, 0.15) is 5.75 Å². The molecule has 0 bridgehead atoms. The van der Waals surface area contributed by atoms with Crippen LogP contribution in [0.25, 0.3) is 0 Å². The lowest BCUT2D eigenvalue weighted by Gasteiger charge is -2.17. The fourth-order valence-electron chi connectivity index (χ4n) is 3.55. The van der Waals surface area contributed by atoms with Gasteiger partial charge in [0.25, 0.3) is 0 Å². The Kier molecular flexibility index (Phi) is 8.17. The van der Waals surface area contributed by atoms with Crippen LogP contribution in [-0.2, 0) is 22.6 Å². The third kappa shape index (κ3) is 6.43. The average Bonchev–Trinajstić information content (AvgIpc) is 2.90. The molecule has 0 fully saturated rings. The molecule has 0 saturated heterocycles. The summed E-state index contributed by atoms with van der Waals surface area (Å²) in [6, 6.07) is 17.6. The minimum absolute atomic E-state index is 0.00242. The molecule has 0 aliphatic carbocycles. The predicted molar refractivity (Wildman–Crippen MR) is 138 cm³/mol. The number of hydrogen-bond donors (Lipinski definition) is 1. The standard InChI is InChI=1S/C26H23ClFN5O5/c1-16(23(34)37-2)14-33-25(35)31-24(32(26(33)36)15-17-6-8-18(27)9-7-17)29-19-10-12-20(13-11-19)38-22-5-3-4-21(28)30-22/h3-13,16H,14-15H2,1-2H3,(H,29,31,35)/t16-/m0/s1. The molecule has 1 atom stereocenters. The van der Waals surface area contributed by atoms with Crippen LogP contribution in [0, 0.1) is 11.9 Å². The molecule has 4 aromatic rings. The Balaban J connectivity index is 1.65. The van der Waals surface area contributed by atoms with Gasteiger partial charge in [-0.25, -0.2) is 14.2 Å². The number of esters is 1. The van der Waals surface area contributed by atoms with E-state index in [1.807, 2.05) is 0 Å². The molecule has 196 valence electrons.